The summed E-state index contributed by atoms with van der Waals surface area (Å²) in [6, 6.07) is 3.02. The van der Waals surface area contributed by atoms with Crippen molar-refractivity contribution in [2.24, 2.45) is 11.8 Å². The number of hydrogen-bond acceptors (Lipinski definition) is 3. The van der Waals surface area contributed by atoms with E-state index in [0.717, 1.165) is 17.7 Å². The lowest BCUT2D eigenvalue weighted by Crippen LogP contribution is -2.51. The summed E-state index contributed by atoms with van der Waals surface area (Å²) in [4.78, 5) is 39.1. The molecule has 5 heteroatoms. The van der Waals surface area contributed by atoms with E-state index in [4.69, 9.17) is 0 Å². The second kappa shape index (κ2) is 5.55. The van der Waals surface area contributed by atoms with E-state index in [9.17, 15) is 14.4 Å². The van der Waals surface area contributed by atoms with Gasteiger partial charge in [-0.1, -0.05) is 20.4 Å². The van der Waals surface area contributed by atoms with Gasteiger partial charge in [0, 0.05) is 5.70 Å². The fraction of sp³-hybridized carbons (Fsp3) is 0.450. The molecule has 5 nitrogen and oxygen atoms in total. The lowest BCUT2D eigenvalue weighted by molar-refractivity contribution is -0.125. The molecular formula is C20H22N2O3. The normalized spacial score (nSPS) is 23.3. The van der Waals surface area contributed by atoms with Crippen LogP contribution in [0, 0.1) is 11.8 Å². The van der Waals surface area contributed by atoms with Crippen LogP contribution in [0.4, 0.5) is 0 Å². The molecule has 0 spiro atoms. The summed E-state index contributed by atoms with van der Waals surface area (Å²) in [6.07, 6.45) is 2.92. The fourth-order valence-corrected chi connectivity index (χ4v) is 4.18. The van der Waals surface area contributed by atoms with Crippen LogP contribution in [0.2, 0.25) is 0 Å². The second-order valence-corrected chi connectivity index (χ2v) is 7.71. The van der Waals surface area contributed by atoms with Gasteiger partial charge >= 0.3 is 0 Å². The molecule has 1 atom stereocenters. The Bertz CT molecular complexity index is 779. The molecule has 1 saturated heterocycles. The number of benzene rings is 1. The number of allylic oxidation sites excluding steroid dienone is 1. The van der Waals surface area contributed by atoms with Crippen LogP contribution in [0.3, 0.4) is 0 Å². The number of imide groups is 1. The molecule has 1 aliphatic carbocycles. The molecule has 3 amide bonds. The van der Waals surface area contributed by atoms with Crippen LogP contribution in [0.15, 0.2) is 24.4 Å². The van der Waals surface area contributed by atoms with Crippen molar-refractivity contribution in [2.75, 3.05) is 0 Å². The number of fused-ring (bicyclic) bond motifs is 2. The van der Waals surface area contributed by atoms with Gasteiger partial charge in [0.25, 0.3) is 11.8 Å². The topological polar surface area (TPSA) is 66.5 Å². The van der Waals surface area contributed by atoms with Crippen molar-refractivity contribution < 1.29 is 14.4 Å². The van der Waals surface area contributed by atoms with Gasteiger partial charge < -0.3 is 5.32 Å². The molecule has 0 bridgehead atoms. The molecule has 1 unspecified atom stereocenters. The van der Waals surface area contributed by atoms with Gasteiger partial charge in [-0.05, 0) is 60.8 Å². The summed E-state index contributed by atoms with van der Waals surface area (Å²) in [7, 11) is 0. The van der Waals surface area contributed by atoms with Gasteiger partial charge in [0.15, 0.2) is 0 Å². The highest BCUT2D eigenvalue weighted by Gasteiger charge is 2.44. The number of amides is 3. The van der Waals surface area contributed by atoms with Gasteiger partial charge in [0.2, 0.25) is 5.91 Å². The van der Waals surface area contributed by atoms with E-state index < -0.39 is 6.04 Å². The standard InChI is InChI=1S/C20H22N2O3/c1-10(2)12-6-13-8-15-16(9-14(13)7-12)20(25)22(19(15)24)17-5-4-11(3)21-18(17)23/h8-10,12,17H,3-7H2,1-2H3,(H,21,23). The number of carbonyl (C=O) groups excluding carboxylic acids is 3. The average molecular weight is 338 g/mol. The lowest BCUT2D eigenvalue weighted by atomic mass is 9.93. The monoisotopic (exact) mass is 338 g/mol. The number of hydrogen-bond donors (Lipinski definition) is 1. The highest BCUT2D eigenvalue weighted by molar-refractivity contribution is 6.23. The van der Waals surface area contributed by atoms with Crippen LogP contribution < -0.4 is 5.32 Å². The van der Waals surface area contributed by atoms with Crippen molar-refractivity contribution >= 4 is 17.7 Å². The van der Waals surface area contributed by atoms with E-state index >= 15 is 0 Å². The number of nitrogens with zero attached hydrogens (tertiary/aromatic N) is 1. The third-order valence-electron chi connectivity index (χ3n) is 5.78. The van der Waals surface area contributed by atoms with Crippen LogP contribution >= 0.6 is 0 Å². The minimum absolute atomic E-state index is 0.321. The van der Waals surface area contributed by atoms with Gasteiger partial charge in [-0.25, -0.2) is 0 Å². The fourth-order valence-electron chi connectivity index (χ4n) is 4.18. The largest absolute Gasteiger partial charge is 0.329 e. The van der Waals surface area contributed by atoms with Gasteiger partial charge in [-0.15, -0.1) is 0 Å². The molecule has 1 aromatic rings. The quantitative estimate of drug-likeness (QED) is 0.842. The van der Waals surface area contributed by atoms with Crippen molar-refractivity contribution in [2.45, 2.75) is 45.6 Å². The summed E-state index contributed by atoms with van der Waals surface area (Å²) in [5, 5.41) is 2.66. The average Bonchev–Trinajstić information content (AvgIpc) is 3.07. The summed E-state index contributed by atoms with van der Waals surface area (Å²) in [5.74, 6) is 0.128. The maximum absolute atomic E-state index is 12.9. The van der Waals surface area contributed by atoms with Crippen LogP contribution in [0.25, 0.3) is 0 Å². The summed E-state index contributed by atoms with van der Waals surface area (Å²) in [5.41, 5.74) is 3.87. The highest BCUT2D eigenvalue weighted by atomic mass is 16.2. The van der Waals surface area contributed by atoms with E-state index in [1.807, 2.05) is 12.1 Å². The number of nitrogens with one attached hydrogen (secondary N) is 1. The Morgan fingerprint density at radius 1 is 1.08 bits per heavy atom. The van der Waals surface area contributed by atoms with Gasteiger partial charge in [-0.2, -0.15) is 0 Å². The zero-order valence-electron chi connectivity index (χ0n) is 14.6. The molecule has 0 radical (unpaired) electrons. The predicted molar refractivity (Wildman–Crippen MR) is 93.0 cm³/mol. The molecule has 0 saturated carbocycles. The predicted octanol–water partition coefficient (Wildman–Crippen LogP) is 2.45. The molecular weight excluding hydrogens is 316 g/mol. The van der Waals surface area contributed by atoms with Crippen molar-refractivity contribution in [1.29, 1.82) is 0 Å². The Morgan fingerprint density at radius 3 is 2.12 bits per heavy atom. The molecule has 1 N–H and O–H groups in total. The molecule has 3 aliphatic rings. The Balaban J connectivity index is 1.66. The molecule has 130 valence electrons. The van der Waals surface area contributed by atoms with E-state index in [1.165, 1.54) is 11.1 Å². The number of piperidine rings is 1. The smallest absolute Gasteiger partial charge is 0.262 e. The van der Waals surface area contributed by atoms with Crippen LogP contribution in [0.5, 0.6) is 0 Å². The molecule has 25 heavy (non-hydrogen) atoms. The minimum atomic E-state index is -0.740. The van der Waals surface area contributed by atoms with Crippen LogP contribution in [-0.2, 0) is 17.6 Å². The third-order valence-corrected chi connectivity index (χ3v) is 5.78. The van der Waals surface area contributed by atoms with Gasteiger partial charge in [0.1, 0.15) is 6.04 Å². The first kappa shape index (κ1) is 16.1. The summed E-state index contributed by atoms with van der Waals surface area (Å²) >= 11 is 0. The summed E-state index contributed by atoms with van der Waals surface area (Å²) in [6.45, 7) is 8.16. The van der Waals surface area contributed by atoms with E-state index in [2.05, 4.69) is 25.7 Å². The molecule has 2 heterocycles. The van der Waals surface area contributed by atoms with Crippen molar-refractivity contribution in [3.63, 3.8) is 0 Å². The second-order valence-electron chi connectivity index (χ2n) is 7.71. The molecule has 0 aromatic heterocycles. The zero-order chi connectivity index (χ0) is 17.9. The minimum Gasteiger partial charge on any atom is -0.329 e. The Hall–Kier alpha value is -2.43. The van der Waals surface area contributed by atoms with E-state index in [0.29, 0.717) is 41.5 Å². The van der Waals surface area contributed by atoms with Crippen molar-refractivity contribution in [3.8, 4) is 0 Å². The van der Waals surface area contributed by atoms with Gasteiger partial charge in [0.05, 0.1) is 11.1 Å². The van der Waals surface area contributed by atoms with E-state index in [1.54, 1.807) is 0 Å². The van der Waals surface area contributed by atoms with Crippen molar-refractivity contribution in [3.05, 3.63) is 46.7 Å². The first-order valence-corrected chi connectivity index (χ1v) is 8.89. The molecule has 1 aromatic carbocycles. The van der Waals surface area contributed by atoms with Crippen molar-refractivity contribution in [1.82, 2.24) is 10.2 Å². The SMILES string of the molecule is C=C1CCC(N2C(=O)c3cc4c(cc3C2=O)CC(C(C)C)C4)C(=O)N1. The molecule has 2 aliphatic heterocycles. The Morgan fingerprint density at radius 2 is 1.64 bits per heavy atom. The highest BCUT2D eigenvalue weighted by Crippen LogP contribution is 2.37. The zero-order valence-corrected chi connectivity index (χ0v) is 14.6. The van der Waals surface area contributed by atoms with Crippen LogP contribution in [0.1, 0.15) is 58.5 Å². The van der Waals surface area contributed by atoms with E-state index in [-0.39, 0.29) is 17.7 Å². The first-order chi connectivity index (χ1) is 11.9. The number of rotatable bonds is 2. The van der Waals surface area contributed by atoms with Gasteiger partial charge in [-0.3, -0.25) is 19.3 Å². The lowest BCUT2D eigenvalue weighted by Gasteiger charge is -2.29. The summed E-state index contributed by atoms with van der Waals surface area (Å²) < 4.78 is 0. The maximum atomic E-state index is 12.9. The molecule has 1 fully saturated rings. The maximum Gasteiger partial charge on any atom is 0.262 e. The Kier molecular flexibility index (Phi) is 3.56. The first-order valence-electron chi connectivity index (χ1n) is 8.89. The Labute approximate surface area is 147 Å². The number of carbonyl (C=O) groups is 3. The van der Waals surface area contributed by atoms with Crippen LogP contribution in [-0.4, -0.2) is 28.7 Å². The molecule has 4 rings (SSSR count). The third kappa shape index (κ3) is 2.41.